The highest BCUT2D eigenvalue weighted by molar-refractivity contribution is 5.80. The number of carboxylic acids is 2. The zero-order valence-corrected chi connectivity index (χ0v) is 23.1. The lowest BCUT2D eigenvalue weighted by molar-refractivity contribution is -0.148. The average molecular weight is 533 g/mol. The summed E-state index contributed by atoms with van der Waals surface area (Å²) in [5.74, 6) is -2.36. The van der Waals surface area contributed by atoms with Gasteiger partial charge in [-0.25, -0.2) is 0 Å². The molecule has 7 nitrogen and oxygen atoms in total. The highest BCUT2D eigenvalue weighted by atomic mass is 16.4. The van der Waals surface area contributed by atoms with E-state index in [1.807, 2.05) is 60.7 Å². The van der Waals surface area contributed by atoms with Crippen molar-refractivity contribution in [3.8, 4) is 11.1 Å². The lowest BCUT2D eigenvalue weighted by Gasteiger charge is -2.25. The highest BCUT2D eigenvalue weighted by Gasteiger charge is 2.33. The lowest BCUT2D eigenvalue weighted by atomic mass is 9.80. The molecule has 0 radical (unpaired) electrons. The van der Waals surface area contributed by atoms with E-state index in [1.54, 1.807) is 6.92 Å². The summed E-state index contributed by atoms with van der Waals surface area (Å²) in [6.07, 6.45) is 0.236. The van der Waals surface area contributed by atoms with Gasteiger partial charge in [0.2, 0.25) is 5.91 Å². The van der Waals surface area contributed by atoms with Crippen LogP contribution in [0.25, 0.3) is 11.1 Å². The van der Waals surface area contributed by atoms with Crippen molar-refractivity contribution < 1.29 is 24.6 Å². The van der Waals surface area contributed by atoms with E-state index in [4.69, 9.17) is 5.11 Å². The van der Waals surface area contributed by atoms with Crippen molar-refractivity contribution in [1.29, 1.82) is 0 Å². The number of carbonyl (C=O) groups excluding carboxylic acids is 1. The van der Waals surface area contributed by atoms with Gasteiger partial charge in [-0.1, -0.05) is 72.8 Å². The third-order valence-electron chi connectivity index (χ3n) is 6.62. The van der Waals surface area contributed by atoms with Gasteiger partial charge >= 0.3 is 11.9 Å². The fraction of sp³-hybridized carbons (Fsp3) is 0.344. The Labute approximate surface area is 231 Å². The Morgan fingerprint density at radius 3 is 1.82 bits per heavy atom. The number of nitrogens with one attached hydrogen (secondary N) is 1. The molecule has 0 saturated heterocycles. The Morgan fingerprint density at radius 2 is 1.31 bits per heavy atom. The minimum Gasteiger partial charge on any atom is -0.481 e. The van der Waals surface area contributed by atoms with Gasteiger partial charge in [0, 0.05) is 31.7 Å². The molecule has 3 N–H and O–H groups in total. The number of para-hydroxylation sites is 1. The molecule has 208 valence electrons. The van der Waals surface area contributed by atoms with E-state index >= 15 is 0 Å². The van der Waals surface area contributed by atoms with Crippen LogP contribution in [0.1, 0.15) is 45.6 Å². The number of anilines is 1. The van der Waals surface area contributed by atoms with Gasteiger partial charge < -0.3 is 20.4 Å². The minimum absolute atomic E-state index is 0.111. The molecule has 1 amide bonds. The molecule has 0 unspecified atom stereocenters. The molecule has 0 saturated carbocycles. The van der Waals surface area contributed by atoms with E-state index in [0.717, 1.165) is 29.8 Å². The summed E-state index contributed by atoms with van der Waals surface area (Å²) in [5.41, 5.74) is 3.35. The summed E-state index contributed by atoms with van der Waals surface area (Å²) < 4.78 is 0. The Bertz CT molecular complexity index is 1160. The monoisotopic (exact) mass is 532 g/mol. The van der Waals surface area contributed by atoms with Crippen molar-refractivity contribution in [2.45, 2.75) is 46.5 Å². The molecule has 0 spiro atoms. The number of benzene rings is 3. The summed E-state index contributed by atoms with van der Waals surface area (Å²) in [5, 5.41) is 20.9. The normalized spacial score (nSPS) is 11.9. The third kappa shape index (κ3) is 10.6. The second kappa shape index (κ2) is 16.0. The van der Waals surface area contributed by atoms with E-state index in [1.165, 1.54) is 5.69 Å². The van der Waals surface area contributed by atoms with Crippen LogP contribution >= 0.6 is 0 Å². The maximum atomic E-state index is 11.8. The first kappa shape index (κ1) is 31.1. The fourth-order valence-corrected chi connectivity index (χ4v) is 4.18. The van der Waals surface area contributed by atoms with Crippen molar-refractivity contribution >= 4 is 23.5 Å². The molecule has 0 aliphatic carbocycles. The fourth-order valence-electron chi connectivity index (χ4n) is 4.18. The number of amides is 1. The molecule has 1 atom stereocenters. The van der Waals surface area contributed by atoms with Crippen LogP contribution < -0.4 is 10.2 Å². The SMILES string of the molecule is CCN(CC)c1ccccc1.C[C@](CCNC(=O)CCC(=O)O)(Cc1ccc(-c2ccccc2)cc1)C(=O)O. The zero-order chi connectivity index (χ0) is 28.7. The van der Waals surface area contributed by atoms with E-state index in [0.29, 0.717) is 6.42 Å². The van der Waals surface area contributed by atoms with Crippen molar-refractivity contribution in [3.05, 3.63) is 90.5 Å². The van der Waals surface area contributed by atoms with Crippen LogP contribution in [0.3, 0.4) is 0 Å². The van der Waals surface area contributed by atoms with Crippen LogP contribution in [0.4, 0.5) is 5.69 Å². The summed E-state index contributed by atoms with van der Waals surface area (Å²) in [4.78, 5) is 36.2. The molecule has 3 aromatic rings. The average Bonchev–Trinajstić information content (AvgIpc) is 2.94. The number of aliphatic carboxylic acids is 2. The highest BCUT2D eigenvalue weighted by Crippen LogP contribution is 2.28. The molecule has 39 heavy (non-hydrogen) atoms. The number of nitrogens with zero attached hydrogens (tertiary/aromatic N) is 1. The van der Waals surface area contributed by atoms with Gasteiger partial charge in [-0.3, -0.25) is 14.4 Å². The van der Waals surface area contributed by atoms with E-state index in [9.17, 15) is 19.5 Å². The molecule has 0 aliphatic rings. The van der Waals surface area contributed by atoms with E-state index in [2.05, 4.69) is 48.3 Å². The number of carbonyl (C=O) groups is 3. The van der Waals surface area contributed by atoms with Gasteiger partial charge in [0.15, 0.2) is 0 Å². The molecule has 3 aromatic carbocycles. The summed E-state index contributed by atoms with van der Waals surface area (Å²) >= 11 is 0. The largest absolute Gasteiger partial charge is 0.481 e. The standard InChI is InChI=1S/C22H25NO5.C10H15N/c1-22(21(27)28,13-14-23-19(24)11-12-20(25)26)15-16-7-9-18(10-8-16)17-5-3-2-4-6-17;1-3-11(4-2)10-8-6-5-7-9-10/h2-10H,11-15H2,1H3,(H,23,24)(H,25,26)(H,27,28);5-9H,3-4H2,1-2H3/t22-;/m0./s1. The predicted molar refractivity (Wildman–Crippen MR) is 156 cm³/mol. The van der Waals surface area contributed by atoms with Crippen molar-refractivity contribution in [1.82, 2.24) is 5.32 Å². The smallest absolute Gasteiger partial charge is 0.309 e. The molecule has 0 bridgehead atoms. The summed E-state index contributed by atoms with van der Waals surface area (Å²) in [7, 11) is 0. The maximum Gasteiger partial charge on any atom is 0.309 e. The van der Waals surface area contributed by atoms with Crippen LogP contribution in [0.2, 0.25) is 0 Å². The second-order valence-electron chi connectivity index (χ2n) is 9.61. The van der Waals surface area contributed by atoms with E-state index in [-0.39, 0.29) is 31.7 Å². The molecule has 0 fully saturated rings. The van der Waals surface area contributed by atoms with Gasteiger partial charge in [0.05, 0.1) is 11.8 Å². The van der Waals surface area contributed by atoms with Crippen LogP contribution in [-0.4, -0.2) is 47.7 Å². The van der Waals surface area contributed by atoms with Crippen LogP contribution in [0.5, 0.6) is 0 Å². The first-order valence-electron chi connectivity index (χ1n) is 13.3. The first-order valence-corrected chi connectivity index (χ1v) is 13.3. The van der Waals surface area contributed by atoms with Crippen LogP contribution in [0.15, 0.2) is 84.9 Å². The van der Waals surface area contributed by atoms with Gasteiger partial charge in [0.25, 0.3) is 0 Å². The maximum absolute atomic E-state index is 11.8. The van der Waals surface area contributed by atoms with Gasteiger partial charge in [-0.15, -0.1) is 0 Å². The van der Waals surface area contributed by atoms with Gasteiger partial charge in [-0.2, -0.15) is 0 Å². The number of carboxylic acid groups (broad SMARTS) is 2. The van der Waals surface area contributed by atoms with Crippen molar-refractivity contribution in [3.63, 3.8) is 0 Å². The Morgan fingerprint density at radius 1 is 0.769 bits per heavy atom. The second-order valence-corrected chi connectivity index (χ2v) is 9.61. The predicted octanol–water partition coefficient (Wildman–Crippen LogP) is 5.89. The van der Waals surface area contributed by atoms with Crippen LogP contribution in [0, 0.1) is 5.41 Å². The summed E-state index contributed by atoms with van der Waals surface area (Å²) in [6.45, 7) is 8.36. The van der Waals surface area contributed by atoms with Gasteiger partial charge in [0.1, 0.15) is 0 Å². The van der Waals surface area contributed by atoms with Crippen molar-refractivity contribution in [2.24, 2.45) is 5.41 Å². The molecule has 0 aromatic heterocycles. The number of hydrogen-bond acceptors (Lipinski definition) is 4. The Hall–Kier alpha value is -4.13. The molecule has 0 heterocycles. The number of hydrogen-bond donors (Lipinski definition) is 3. The molecular weight excluding hydrogens is 492 g/mol. The Kier molecular flexibility index (Phi) is 12.7. The van der Waals surface area contributed by atoms with E-state index < -0.39 is 17.4 Å². The number of rotatable bonds is 13. The molecule has 3 rings (SSSR count). The van der Waals surface area contributed by atoms with Gasteiger partial charge in [-0.05, 0) is 62.4 Å². The molecule has 0 aliphatic heterocycles. The topological polar surface area (TPSA) is 107 Å². The Balaban J connectivity index is 0.000000404. The first-order chi connectivity index (χ1) is 18.7. The molecule has 7 heteroatoms. The lowest BCUT2D eigenvalue weighted by Crippen LogP contribution is -2.35. The van der Waals surface area contributed by atoms with Crippen molar-refractivity contribution in [2.75, 3.05) is 24.5 Å². The molecular formula is C32H40N2O5. The van der Waals surface area contributed by atoms with Crippen LogP contribution in [-0.2, 0) is 20.8 Å². The summed E-state index contributed by atoms with van der Waals surface area (Å²) in [6, 6.07) is 28.2. The minimum atomic E-state index is -1.04. The zero-order valence-electron chi connectivity index (χ0n) is 23.1. The third-order valence-corrected chi connectivity index (χ3v) is 6.62. The quantitative estimate of drug-likeness (QED) is 0.253.